The first-order valence-corrected chi connectivity index (χ1v) is 10.7. The van der Waals surface area contributed by atoms with Crippen LogP contribution in [0.2, 0.25) is 0 Å². The van der Waals surface area contributed by atoms with Gasteiger partial charge in [-0.15, -0.1) is 0 Å². The molecule has 0 unspecified atom stereocenters. The molecular formula is C21H25BrN4O2S. The maximum absolute atomic E-state index is 6.01. The molecule has 3 aromatic rings. The molecule has 0 atom stereocenters. The molecule has 154 valence electrons. The van der Waals surface area contributed by atoms with Gasteiger partial charge in [0.15, 0.2) is 17.3 Å². The average Bonchev–Trinajstić information content (AvgIpc) is 3.05. The fourth-order valence-electron chi connectivity index (χ4n) is 3.00. The molecule has 1 aromatic heterocycles. The van der Waals surface area contributed by atoms with Gasteiger partial charge in [0.2, 0.25) is 4.77 Å². The van der Waals surface area contributed by atoms with Crippen molar-refractivity contribution in [1.29, 1.82) is 0 Å². The van der Waals surface area contributed by atoms with Crippen molar-refractivity contribution in [3.05, 3.63) is 68.2 Å². The quantitative estimate of drug-likeness (QED) is 0.410. The van der Waals surface area contributed by atoms with Crippen molar-refractivity contribution in [1.82, 2.24) is 14.9 Å². The minimum Gasteiger partial charge on any atom is -0.493 e. The van der Waals surface area contributed by atoms with Crippen molar-refractivity contribution in [2.24, 2.45) is 0 Å². The van der Waals surface area contributed by atoms with E-state index in [-0.39, 0.29) is 0 Å². The molecule has 6 nitrogen and oxygen atoms in total. The highest BCUT2D eigenvalue weighted by atomic mass is 79.9. The van der Waals surface area contributed by atoms with E-state index in [1.54, 1.807) is 7.11 Å². The van der Waals surface area contributed by atoms with Crippen LogP contribution < -0.4 is 14.9 Å². The molecule has 0 aliphatic rings. The van der Waals surface area contributed by atoms with Crippen LogP contribution in [0, 0.1) is 11.7 Å². The van der Waals surface area contributed by atoms with Gasteiger partial charge in [-0.05, 0) is 48.8 Å². The van der Waals surface area contributed by atoms with Gasteiger partial charge >= 0.3 is 0 Å². The Morgan fingerprint density at radius 3 is 2.79 bits per heavy atom. The molecular weight excluding hydrogens is 452 g/mol. The summed E-state index contributed by atoms with van der Waals surface area (Å²) in [6, 6.07) is 12.2. The Kier molecular flexibility index (Phi) is 7.33. The highest BCUT2D eigenvalue weighted by Gasteiger charge is 2.12. The zero-order valence-corrected chi connectivity index (χ0v) is 19.2. The molecule has 0 saturated carbocycles. The molecule has 0 aliphatic carbocycles. The Morgan fingerprint density at radius 1 is 1.24 bits per heavy atom. The maximum Gasteiger partial charge on any atom is 0.214 e. The molecule has 2 aromatic carbocycles. The number of nitrogens with one attached hydrogen (secondary N) is 2. The van der Waals surface area contributed by atoms with Crippen LogP contribution in [0.15, 0.2) is 40.9 Å². The van der Waals surface area contributed by atoms with E-state index in [2.05, 4.69) is 63.6 Å². The predicted octanol–water partition coefficient (Wildman–Crippen LogP) is 5.30. The van der Waals surface area contributed by atoms with Crippen molar-refractivity contribution in [2.75, 3.05) is 12.5 Å². The van der Waals surface area contributed by atoms with Crippen LogP contribution in [-0.2, 0) is 19.6 Å². The molecule has 0 spiro atoms. The highest BCUT2D eigenvalue weighted by Crippen LogP contribution is 2.34. The Hall–Kier alpha value is -2.32. The highest BCUT2D eigenvalue weighted by molar-refractivity contribution is 9.10. The summed E-state index contributed by atoms with van der Waals surface area (Å²) >= 11 is 8.97. The number of hydrogen-bond donors (Lipinski definition) is 2. The summed E-state index contributed by atoms with van der Waals surface area (Å²) < 4.78 is 14.9. The van der Waals surface area contributed by atoms with Crippen molar-refractivity contribution < 1.29 is 9.47 Å². The van der Waals surface area contributed by atoms with E-state index in [9.17, 15) is 0 Å². The number of rotatable bonds is 9. The summed E-state index contributed by atoms with van der Waals surface area (Å²) in [5.41, 5.74) is 6.68. The average molecular weight is 477 g/mol. The zero-order chi connectivity index (χ0) is 20.8. The molecule has 2 N–H and O–H groups in total. The molecule has 0 aliphatic heterocycles. The summed E-state index contributed by atoms with van der Waals surface area (Å²) in [7, 11) is 1.64. The largest absolute Gasteiger partial charge is 0.493 e. The van der Waals surface area contributed by atoms with Gasteiger partial charge in [-0.3, -0.25) is 5.10 Å². The van der Waals surface area contributed by atoms with Crippen LogP contribution in [0.3, 0.4) is 0 Å². The molecule has 3 rings (SSSR count). The van der Waals surface area contributed by atoms with Crippen LogP contribution in [0.5, 0.6) is 11.5 Å². The van der Waals surface area contributed by atoms with E-state index < -0.39 is 0 Å². The van der Waals surface area contributed by atoms with Gasteiger partial charge < -0.3 is 14.9 Å². The van der Waals surface area contributed by atoms with Crippen molar-refractivity contribution in [2.45, 2.75) is 39.8 Å². The van der Waals surface area contributed by atoms with E-state index in [1.165, 1.54) is 5.56 Å². The van der Waals surface area contributed by atoms with Gasteiger partial charge in [0, 0.05) is 10.9 Å². The molecule has 29 heavy (non-hydrogen) atoms. The number of hydrogen-bond acceptors (Lipinski definition) is 5. The lowest BCUT2D eigenvalue weighted by Gasteiger charge is -2.16. The number of benzene rings is 2. The van der Waals surface area contributed by atoms with Gasteiger partial charge in [0.05, 0.1) is 13.7 Å². The van der Waals surface area contributed by atoms with Crippen LogP contribution in [0.4, 0.5) is 0 Å². The predicted molar refractivity (Wildman–Crippen MR) is 121 cm³/mol. The number of aromatic nitrogens is 3. The SMILES string of the molecule is CCCc1n[nH]c(=S)n1NCc1cc(OC)c(OCc2cccc(C)c2)cc1Br. The van der Waals surface area contributed by atoms with E-state index in [4.69, 9.17) is 21.7 Å². The standard InChI is InChI=1S/C21H25BrN4O2S/c1-4-6-20-24-25-21(29)26(20)23-12-16-10-18(27-3)19(11-17(16)22)28-13-15-8-5-7-14(2)9-15/h5,7-11,23H,4,6,12-13H2,1-3H3,(H,25,29). The second-order valence-corrected chi connectivity index (χ2v) is 7.98. The summed E-state index contributed by atoms with van der Waals surface area (Å²) in [4.78, 5) is 0. The van der Waals surface area contributed by atoms with Crippen LogP contribution in [-0.4, -0.2) is 22.0 Å². The molecule has 0 radical (unpaired) electrons. The fourth-order valence-corrected chi connectivity index (χ4v) is 3.67. The third-order valence-electron chi connectivity index (χ3n) is 4.45. The molecule has 0 fully saturated rings. The molecule has 8 heteroatoms. The van der Waals surface area contributed by atoms with Crippen LogP contribution in [0.25, 0.3) is 0 Å². The van der Waals surface area contributed by atoms with E-state index in [0.717, 1.165) is 34.3 Å². The van der Waals surface area contributed by atoms with Gasteiger partial charge in [-0.25, -0.2) is 4.68 Å². The monoisotopic (exact) mass is 476 g/mol. The summed E-state index contributed by atoms with van der Waals surface area (Å²) in [6.45, 7) is 5.21. The lowest BCUT2D eigenvalue weighted by Crippen LogP contribution is -2.18. The third-order valence-corrected chi connectivity index (χ3v) is 5.46. The van der Waals surface area contributed by atoms with Gasteiger partial charge in [0.25, 0.3) is 0 Å². The topological polar surface area (TPSA) is 64.1 Å². The minimum absolute atomic E-state index is 0.479. The number of nitrogens with zero attached hydrogens (tertiary/aromatic N) is 2. The maximum atomic E-state index is 6.01. The van der Waals surface area contributed by atoms with Gasteiger partial charge in [-0.1, -0.05) is 52.7 Å². The Balaban J connectivity index is 1.74. The van der Waals surface area contributed by atoms with E-state index in [1.807, 2.05) is 22.9 Å². The number of halogens is 1. The molecule has 0 amide bonds. The lowest BCUT2D eigenvalue weighted by atomic mass is 10.1. The summed E-state index contributed by atoms with van der Waals surface area (Å²) in [5, 5.41) is 7.11. The lowest BCUT2D eigenvalue weighted by molar-refractivity contribution is 0.284. The molecule has 0 bridgehead atoms. The summed E-state index contributed by atoms with van der Waals surface area (Å²) in [6.07, 6.45) is 1.84. The number of H-pyrrole nitrogens is 1. The Bertz CT molecular complexity index is 1030. The van der Waals surface area contributed by atoms with Gasteiger partial charge in [-0.2, -0.15) is 5.10 Å². The normalized spacial score (nSPS) is 10.8. The van der Waals surface area contributed by atoms with Crippen molar-refractivity contribution >= 4 is 28.1 Å². The molecule has 1 heterocycles. The Labute approximate surface area is 184 Å². The first-order chi connectivity index (χ1) is 14.0. The number of aryl methyl sites for hydroxylation is 2. The van der Waals surface area contributed by atoms with Gasteiger partial charge in [0.1, 0.15) is 6.61 Å². The van der Waals surface area contributed by atoms with E-state index >= 15 is 0 Å². The number of ether oxygens (including phenoxy) is 2. The first kappa shape index (κ1) is 21.4. The second-order valence-electron chi connectivity index (χ2n) is 6.74. The summed E-state index contributed by atoms with van der Waals surface area (Å²) in [5.74, 6) is 2.26. The number of aromatic amines is 1. The van der Waals surface area contributed by atoms with Crippen molar-refractivity contribution in [3.63, 3.8) is 0 Å². The van der Waals surface area contributed by atoms with Crippen LogP contribution >= 0.6 is 28.1 Å². The second kappa shape index (κ2) is 9.93. The number of methoxy groups -OCH3 is 1. The minimum atomic E-state index is 0.479. The Morgan fingerprint density at radius 2 is 2.07 bits per heavy atom. The molecule has 0 saturated heterocycles. The smallest absolute Gasteiger partial charge is 0.214 e. The fraction of sp³-hybridized carbons (Fsp3) is 0.333. The van der Waals surface area contributed by atoms with Crippen LogP contribution in [0.1, 0.15) is 35.9 Å². The zero-order valence-electron chi connectivity index (χ0n) is 16.8. The van der Waals surface area contributed by atoms with E-state index in [0.29, 0.717) is 29.4 Å². The third kappa shape index (κ3) is 5.39. The van der Waals surface area contributed by atoms with Crippen molar-refractivity contribution in [3.8, 4) is 11.5 Å². The first-order valence-electron chi connectivity index (χ1n) is 9.46.